The molecule has 3 atom stereocenters. The monoisotopic (exact) mass is 477 g/mol. The quantitative estimate of drug-likeness (QED) is 0.716. The molecule has 0 bridgehead atoms. The number of rotatable bonds is 5. The number of nitrogens with zero attached hydrogens (tertiary/aromatic N) is 2. The number of carbonyl (C=O) groups excluding carboxylic acids is 2. The number of halogens is 1. The van der Waals surface area contributed by atoms with Crippen molar-refractivity contribution in [1.82, 2.24) is 14.5 Å². The van der Waals surface area contributed by atoms with Gasteiger partial charge in [0.15, 0.2) is 0 Å². The van der Waals surface area contributed by atoms with E-state index >= 15 is 0 Å². The van der Waals surface area contributed by atoms with Gasteiger partial charge >= 0.3 is 0 Å². The van der Waals surface area contributed by atoms with Crippen molar-refractivity contribution in [3.8, 4) is 0 Å². The molecule has 2 aliphatic rings. The van der Waals surface area contributed by atoms with Crippen LogP contribution >= 0.6 is 11.6 Å². The molecular formula is C23H28ClN3O4S. The van der Waals surface area contributed by atoms with Gasteiger partial charge in [0.25, 0.3) is 0 Å². The summed E-state index contributed by atoms with van der Waals surface area (Å²) < 4.78 is 28.5. The highest BCUT2D eigenvalue weighted by Crippen LogP contribution is 2.25. The fourth-order valence-corrected chi connectivity index (χ4v) is 6.05. The lowest BCUT2D eigenvalue weighted by molar-refractivity contribution is -0.145. The third kappa shape index (κ3) is 4.49. The van der Waals surface area contributed by atoms with E-state index in [0.717, 1.165) is 30.0 Å². The van der Waals surface area contributed by atoms with E-state index in [0.29, 0.717) is 24.5 Å². The molecule has 0 radical (unpaired) electrons. The summed E-state index contributed by atoms with van der Waals surface area (Å²) in [6.07, 6.45) is 3.37. The van der Waals surface area contributed by atoms with E-state index in [2.05, 4.69) is 4.72 Å². The highest BCUT2D eigenvalue weighted by molar-refractivity contribution is 7.89. The van der Waals surface area contributed by atoms with Crippen molar-refractivity contribution >= 4 is 44.2 Å². The van der Waals surface area contributed by atoms with Crippen LogP contribution in [-0.4, -0.2) is 61.2 Å². The molecule has 2 saturated heterocycles. The first-order valence-electron chi connectivity index (χ1n) is 11.0. The maximum atomic E-state index is 13.0. The molecule has 2 aromatic rings. The Balaban J connectivity index is 1.46. The van der Waals surface area contributed by atoms with E-state index in [1.807, 2.05) is 11.8 Å². The summed E-state index contributed by atoms with van der Waals surface area (Å²) in [6.45, 7) is 4.81. The molecule has 7 nitrogen and oxygen atoms in total. The SMILES string of the molecule is C[C@@H]1CCCCN1C(=O)[C@@H](C)N1CC[C@H](NS(=O)(=O)c2ccc3cc(Cl)ccc3c2)C1=O. The lowest BCUT2D eigenvalue weighted by Crippen LogP contribution is -2.53. The van der Waals surface area contributed by atoms with Gasteiger partial charge in [0.05, 0.1) is 4.90 Å². The minimum Gasteiger partial charge on any atom is -0.338 e. The van der Waals surface area contributed by atoms with Gasteiger partial charge in [-0.3, -0.25) is 9.59 Å². The van der Waals surface area contributed by atoms with Crippen LogP contribution in [-0.2, 0) is 19.6 Å². The van der Waals surface area contributed by atoms with Crippen LogP contribution in [0, 0.1) is 0 Å². The third-order valence-electron chi connectivity index (χ3n) is 6.53. The normalized spacial score (nSPS) is 23.0. The molecule has 172 valence electrons. The number of piperidine rings is 1. The minimum atomic E-state index is -3.90. The predicted molar refractivity (Wildman–Crippen MR) is 124 cm³/mol. The first-order chi connectivity index (χ1) is 15.2. The van der Waals surface area contributed by atoms with Crippen LogP contribution in [0.4, 0.5) is 0 Å². The summed E-state index contributed by atoms with van der Waals surface area (Å²) in [6, 6.07) is 8.66. The summed E-state index contributed by atoms with van der Waals surface area (Å²) in [5.74, 6) is -0.422. The van der Waals surface area contributed by atoms with Crippen molar-refractivity contribution in [3.05, 3.63) is 41.4 Å². The largest absolute Gasteiger partial charge is 0.338 e. The highest BCUT2D eigenvalue weighted by atomic mass is 35.5. The van der Waals surface area contributed by atoms with Crippen LogP contribution in [0.5, 0.6) is 0 Å². The molecule has 1 N–H and O–H groups in total. The second-order valence-corrected chi connectivity index (χ2v) is 10.9. The van der Waals surface area contributed by atoms with Crippen molar-refractivity contribution in [2.45, 2.75) is 62.6 Å². The third-order valence-corrected chi connectivity index (χ3v) is 8.24. The zero-order chi connectivity index (χ0) is 23.0. The van der Waals surface area contributed by atoms with E-state index in [1.54, 1.807) is 37.3 Å². The van der Waals surface area contributed by atoms with Gasteiger partial charge in [-0.1, -0.05) is 23.7 Å². The fraction of sp³-hybridized carbons (Fsp3) is 0.478. The number of hydrogen-bond donors (Lipinski definition) is 1. The average Bonchev–Trinajstić information content (AvgIpc) is 3.12. The lowest BCUT2D eigenvalue weighted by atomic mass is 10.0. The van der Waals surface area contributed by atoms with Gasteiger partial charge in [0.1, 0.15) is 12.1 Å². The Bertz CT molecular complexity index is 1150. The topological polar surface area (TPSA) is 86.8 Å². The Morgan fingerprint density at radius 2 is 1.81 bits per heavy atom. The van der Waals surface area contributed by atoms with Crippen LogP contribution in [0.15, 0.2) is 41.3 Å². The van der Waals surface area contributed by atoms with E-state index < -0.39 is 22.1 Å². The van der Waals surface area contributed by atoms with Gasteiger partial charge < -0.3 is 9.80 Å². The summed E-state index contributed by atoms with van der Waals surface area (Å²) in [5, 5.41) is 2.15. The molecule has 2 aliphatic heterocycles. The molecule has 0 unspecified atom stereocenters. The molecule has 9 heteroatoms. The Morgan fingerprint density at radius 1 is 1.09 bits per heavy atom. The summed E-state index contributed by atoms with van der Waals surface area (Å²) in [4.78, 5) is 29.4. The molecule has 32 heavy (non-hydrogen) atoms. The predicted octanol–water partition coefficient (Wildman–Crippen LogP) is 3.16. The standard InChI is InChI=1S/C23H28ClN3O4S/c1-15-5-3-4-11-26(15)22(28)16(2)27-12-10-21(23(27)29)25-32(30,31)20-9-7-17-13-19(24)8-6-18(17)14-20/h6-9,13-16,21,25H,3-5,10-12H2,1-2H3/t15-,16-,21+/m1/s1. The first kappa shape index (κ1) is 23.0. The molecule has 0 aromatic heterocycles. The van der Waals surface area contributed by atoms with E-state index in [4.69, 9.17) is 11.6 Å². The Hall–Kier alpha value is -2.16. The number of fused-ring (bicyclic) bond motifs is 1. The molecule has 2 fully saturated rings. The molecule has 2 amide bonds. The van der Waals surface area contributed by atoms with Crippen LogP contribution in [0.1, 0.15) is 39.5 Å². The lowest BCUT2D eigenvalue weighted by Gasteiger charge is -2.37. The van der Waals surface area contributed by atoms with Crippen LogP contribution in [0.3, 0.4) is 0 Å². The highest BCUT2D eigenvalue weighted by Gasteiger charge is 2.40. The summed E-state index contributed by atoms with van der Waals surface area (Å²) in [5.41, 5.74) is 0. The van der Waals surface area contributed by atoms with E-state index in [1.165, 1.54) is 11.0 Å². The number of nitrogens with one attached hydrogen (secondary N) is 1. The molecule has 0 saturated carbocycles. The maximum absolute atomic E-state index is 13.0. The maximum Gasteiger partial charge on any atom is 0.245 e. The second-order valence-electron chi connectivity index (χ2n) is 8.70. The number of carbonyl (C=O) groups is 2. The Morgan fingerprint density at radius 3 is 2.56 bits per heavy atom. The minimum absolute atomic E-state index is 0.0674. The molecule has 0 aliphatic carbocycles. The van der Waals surface area contributed by atoms with Crippen molar-refractivity contribution in [2.24, 2.45) is 0 Å². The van der Waals surface area contributed by atoms with Crippen molar-refractivity contribution in [2.75, 3.05) is 13.1 Å². The van der Waals surface area contributed by atoms with Crippen molar-refractivity contribution in [3.63, 3.8) is 0 Å². The van der Waals surface area contributed by atoms with Crippen LogP contribution < -0.4 is 4.72 Å². The van der Waals surface area contributed by atoms with Gasteiger partial charge in [-0.2, -0.15) is 4.72 Å². The summed E-state index contributed by atoms with van der Waals surface area (Å²) in [7, 11) is -3.90. The van der Waals surface area contributed by atoms with Crippen molar-refractivity contribution < 1.29 is 18.0 Å². The van der Waals surface area contributed by atoms with Crippen molar-refractivity contribution in [1.29, 1.82) is 0 Å². The number of benzene rings is 2. The number of sulfonamides is 1. The molecule has 4 rings (SSSR count). The van der Waals surface area contributed by atoms with Crippen LogP contribution in [0.2, 0.25) is 5.02 Å². The smallest absolute Gasteiger partial charge is 0.245 e. The van der Waals surface area contributed by atoms with Gasteiger partial charge in [-0.25, -0.2) is 8.42 Å². The first-order valence-corrected chi connectivity index (χ1v) is 12.9. The fourth-order valence-electron chi connectivity index (χ4n) is 4.61. The second kappa shape index (κ2) is 9.00. The molecule has 2 aromatic carbocycles. The van der Waals surface area contributed by atoms with Gasteiger partial charge in [-0.15, -0.1) is 0 Å². The molecule has 2 heterocycles. The Labute approximate surface area is 193 Å². The average molecular weight is 478 g/mol. The molecule has 0 spiro atoms. The summed E-state index contributed by atoms with van der Waals surface area (Å²) >= 11 is 6.00. The number of amides is 2. The zero-order valence-corrected chi connectivity index (χ0v) is 19.8. The van der Waals surface area contributed by atoms with Crippen LogP contribution in [0.25, 0.3) is 10.8 Å². The number of likely N-dealkylation sites (tertiary alicyclic amines) is 2. The zero-order valence-electron chi connectivity index (χ0n) is 18.3. The van der Waals surface area contributed by atoms with Gasteiger partial charge in [0.2, 0.25) is 21.8 Å². The number of hydrogen-bond acceptors (Lipinski definition) is 4. The van der Waals surface area contributed by atoms with Gasteiger partial charge in [0, 0.05) is 24.2 Å². The van der Waals surface area contributed by atoms with Gasteiger partial charge in [-0.05, 0) is 74.6 Å². The Kier molecular flexibility index (Phi) is 6.47. The molecular weight excluding hydrogens is 450 g/mol. The van der Waals surface area contributed by atoms with E-state index in [9.17, 15) is 18.0 Å². The van der Waals surface area contributed by atoms with E-state index in [-0.39, 0.29) is 22.8 Å².